The number of hydrogen-bond acceptors (Lipinski definition) is 1. The first kappa shape index (κ1) is 7.48. The Morgan fingerprint density at radius 1 is 1.30 bits per heavy atom. The molecular formula is C8H11NS. The molecule has 0 atom stereocenters. The van der Waals surface area contributed by atoms with Crippen LogP contribution in [0.1, 0.15) is 11.1 Å². The van der Waals surface area contributed by atoms with E-state index in [0.717, 1.165) is 4.64 Å². The molecule has 0 radical (unpaired) electrons. The molecule has 1 nitrogen and oxygen atoms in total. The summed E-state index contributed by atoms with van der Waals surface area (Å²) in [5, 5.41) is 0. The van der Waals surface area contributed by atoms with Crippen LogP contribution in [0.25, 0.3) is 0 Å². The number of pyridine rings is 1. The molecule has 0 fully saturated rings. The van der Waals surface area contributed by atoms with E-state index >= 15 is 0 Å². The summed E-state index contributed by atoms with van der Waals surface area (Å²) in [5.41, 5.74) is 2.55. The van der Waals surface area contributed by atoms with E-state index in [-0.39, 0.29) is 0 Å². The van der Waals surface area contributed by atoms with Crippen LogP contribution < -0.4 is 0 Å². The molecule has 1 aromatic heterocycles. The van der Waals surface area contributed by atoms with Gasteiger partial charge < -0.3 is 4.57 Å². The van der Waals surface area contributed by atoms with Gasteiger partial charge in [0.1, 0.15) is 4.64 Å². The van der Waals surface area contributed by atoms with Crippen molar-refractivity contribution in [1.82, 2.24) is 4.57 Å². The number of nitrogens with zero attached hydrogens (tertiary/aromatic N) is 1. The van der Waals surface area contributed by atoms with E-state index in [1.165, 1.54) is 11.1 Å². The van der Waals surface area contributed by atoms with Gasteiger partial charge >= 0.3 is 0 Å². The van der Waals surface area contributed by atoms with E-state index in [1.807, 2.05) is 17.7 Å². The van der Waals surface area contributed by atoms with E-state index in [9.17, 15) is 0 Å². The van der Waals surface area contributed by atoms with Gasteiger partial charge in [0.2, 0.25) is 0 Å². The van der Waals surface area contributed by atoms with Crippen molar-refractivity contribution in [2.24, 2.45) is 7.05 Å². The van der Waals surface area contributed by atoms with Crippen LogP contribution in [-0.2, 0) is 7.05 Å². The SMILES string of the molecule is Cc1cc(=S)n(C)cc1C. The lowest BCUT2D eigenvalue weighted by Gasteiger charge is -2.02. The van der Waals surface area contributed by atoms with Gasteiger partial charge in [-0.05, 0) is 31.0 Å². The average molecular weight is 153 g/mol. The molecule has 10 heavy (non-hydrogen) atoms. The fraction of sp³-hybridized carbons (Fsp3) is 0.375. The Labute approximate surface area is 66.3 Å². The molecule has 0 N–H and O–H groups in total. The summed E-state index contributed by atoms with van der Waals surface area (Å²) in [5.74, 6) is 0. The maximum absolute atomic E-state index is 5.06. The van der Waals surface area contributed by atoms with Crippen LogP contribution in [0.3, 0.4) is 0 Å². The fourth-order valence-corrected chi connectivity index (χ4v) is 1.09. The molecule has 1 heterocycles. The van der Waals surface area contributed by atoms with Gasteiger partial charge in [0.05, 0.1) is 0 Å². The van der Waals surface area contributed by atoms with E-state index in [0.29, 0.717) is 0 Å². The van der Waals surface area contributed by atoms with Crippen LogP contribution in [0.5, 0.6) is 0 Å². The van der Waals surface area contributed by atoms with Crippen molar-refractivity contribution < 1.29 is 0 Å². The van der Waals surface area contributed by atoms with Crippen molar-refractivity contribution in [2.75, 3.05) is 0 Å². The summed E-state index contributed by atoms with van der Waals surface area (Å²) in [7, 11) is 1.97. The maximum atomic E-state index is 5.06. The number of rotatable bonds is 0. The molecule has 0 aliphatic heterocycles. The Hall–Kier alpha value is -0.630. The van der Waals surface area contributed by atoms with Crippen molar-refractivity contribution in [1.29, 1.82) is 0 Å². The third-order valence-electron chi connectivity index (χ3n) is 1.70. The zero-order chi connectivity index (χ0) is 7.72. The van der Waals surface area contributed by atoms with Gasteiger partial charge in [-0.1, -0.05) is 12.2 Å². The summed E-state index contributed by atoms with van der Waals surface area (Å²) in [6, 6.07) is 2.02. The summed E-state index contributed by atoms with van der Waals surface area (Å²) in [4.78, 5) is 0. The third-order valence-corrected chi connectivity index (χ3v) is 2.10. The van der Waals surface area contributed by atoms with Gasteiger partial charge in [-0.3, -0.25) is 0 Å². The molecule has 0 aliphatic carbocycles. The number of aromatic nitrogens is 1. The van der Waals surface area contributed by atoms with Gasteiger partial charge in [0.25, 0.3) is 0 Å². The van der Waals surface area contributed by atoms with Gasteiger partial charge in [0.15, 0.2) is 0 Å². The Morgan fingerprint density at radius 3 is 2.40 bits per heavy atom. The van der Waals surface area contributed by atoms with Crippen molar-refractivity contribution in [2.45, 2.75) is 13.8 Å². The van der Waals surface area contributed by atoms with Crippen LogP contribution >= 0.6 is 12.2 Å². The molecule has 0 aliphatic rings. The lowest BCUT2D eigenvalue weighted by molar-refractivity contribution is 0.873. The molecule has 0 aromatic carbocycles. The number of hydrogen-bond donors (Lipinski definition) is 0. The lowest BCUT2D eigenvalue weighted by Crippen LogP contribution is -1.94. The zero-order valence-electron chi connectivity index (χ0n) is 6.51. The Morgan fingerprint density at radius 2 is 1.90 bits per heavy atom. The summed E-state index contributed by atoms with van der Waals surface area (Å²) < 4.78 is 2.85. The van der Waals surface area contributed by atoms with Crippen LogP contribution in [0.2, 0.25) is 0 Å². The Balaban J connectivity index is 3.43. The first-order valence-electron chi connectivity index (χ1n) is 3.25. The Bertz CT molecular complexity index is 299. The van der Waals surface area contributed by atoms with Gasteiger partial charge in [0, 0.05) is 13.2 Å². The zero-order valence-corrected chi connectivity index (χ0v) is 7.33. The highest BCUT2D eigenvalue weighted by atomic mass is 32.1. The van der Waals surface area contributed by atoms with E-state index < -0.39 is 0 Å². The highest BCUT2D eigenvalue weighted by molar-refractivity contribution is 7.71. The van der Waals surface area contributed by atoms with Crippen molar-refractivity contribution in [3.05, 3.63) is 28.0 Å². The lowest BCUT2D eigenvalue weighted by atomic mass is 10.2. The van der Waals surface area contributed by atoms with Gasteiger partial charge in [-0.15, -0.1) is 0 Å². The van der Waals surface area contributed by atoms with Crippen LogP contribution in [0.15, 0.2) is 12.3 Å². The minimum atomic E-state index is 0.892. The van der Waals surface area contributed by atoms with E-state index in [4.69, 9.17) is 12.2 Å². The highest BCUT2D eigenvalue weighted by Crippen LogP contribution is 2.04. The van der Waals surface area contributed by atoms with Crippen molar-refractivity contribution in [3.8, 4) is 0 Å². The molecular weight excluding hydrogens is 142 g/mol. The Kier molecular flexibility index (Phi) is 1.90. The number of aryl methyl sites for hydroxylation is 3. The average Bonchev–Trinajstić information content (AvgIpc) is 1.84. The first-order chi connectivity index (χ1) is 4.61. The molecule has 2 heteroatoms. The highest BCUT2D eigenvalue weighted by Gasteiger charge is 1.91. The molecule has 0 saturated carbocycles. The molecule has 0 spiro atoms. The van der Waals surface area contributed by atoms with Gasteiger partial charge in [-0.25, -0.2) is 0 Å². The molecule has 0 amide bonds. The second kappa shape index (κ2) is 2.54. The predicted octanol–water partition coefficient (Wildman–Crippen LogP) is 2.37. The second-order valence-electron chi connectivity index (χ2n) is 2.59. The molecule has 0 bridgehead atoms. The largest absolute Gasteiger partial charge is 0.342 e. The molecule has 1 aromatic rings. The normalized spacial score (nSPS) is 9.90. The monoisotopic (exact) mass is 153 g/mol. The first-order valence-corrected chi connectivity index (χ1v) is 3.66. The van der Waals surface area contributed by atoms with E-state index in [1.54, 1.807) is 0 Å². The molecule has 54 valence electrons. The fourth-order valence-electron chi connectivity index (χ4n) is 0.857. The minimum absolute atomic E-state index is 0.892. The van der Waals surface area contributed by atoms with Crippen LogP contribution in [0.4, 0.5) is 0 Å². The third kappa shape index (κ3) is 1.27. The van der Waals surface area contributed by atoms with E-state index in [2.05, 4.69) is 20.0 Å². The van der Waals surface area contributed by atoms with Crippen LogP contribution in [0, 0.1) is 18.5 Å². The summed E-state index contributed by atoms with van der Waals surface area (Å²) in [6.45, 7) is 4.16. The minimum Gasteiger partial charge on any atom is -0.342 e. The maximum Gasteiger partial charge on any atom is 0.105 e. The molecule has 0 saturated heterocycles. The van der Waals surface area contributed by atoms with Crippen molar-refractivity contribution >= 4 is 12.2 Å². The quantitative estimate of drug-likeness (QED) is 0.518. The summed E-state index contributed by atoms with van der Waals surface area (Å²) in [6.07, 6.45) is 2.05. The summed E-state index contributed by atoms with van der Waals surface area (Å²) >= 11 is 5.06. The topological polar surface area (TPSA) is 4.93 Å². The standard InChI is InChI=1S/C8H11NS/c1-6-4-8(10)9(3)5-7(6)2/h4-5H,1-3H3. The molecule has 0 unspecified atom stereocenters. The van der Waals surface area contributed by atoms with Crippen LogP contribution in [-0.4, -0.2) is 4.57 Å². The van der Waals surface area contributed by atoms with Gasteiger partial charge in [-0.2, -0.15) is 0 Å². The molecule has 1 rings (SSSR count). The smallest absolute Gasteiger partial charge is 0.105 e. The van der Waals surface area contributed by atoms with Crippen molar-refractivity contribution in [3.63, 3.8) is 0 Å². The predicted molar refractivity (Wildman–Crippen MR) is 45.7 cm³/mol. The second-order valence-corrected chi connectivity index (χ2v) is 3.01.